The van der Waals surface area contributed by atoms with E-state index in [4.69, 9.17) is 0 Å². The quantitative estimate of drug-likeness (QED) is 0.914. The van der Waals surface area contributed by atoms with E-state index in [0.717, 1.165) is 38.9 Å². The van der Waals surface area contributed by atoms with Crippen molar-refractivity contribution in [2.24, 2.45) is 5.92 Å². The molecule has 1 N–H and O–H groups in total. The molecule has 0 spiro atoms. The molecular weight excluding hydrogens is 308 g/mol. The third-order valence-corrected chi connectivity index (χ3v) is 5.49. The molecule has 1 aliphatic carbocycles. The van der Waals surface area contributed by atoms with Crippen LogP contribution in [0.15, 0.2) is 30.3 Å². The zero-order valence-corrected chi connectivity index (χ0v) is 14.9. The summed E-state index contributed by atoms with van der Waals surface area (Å²) in [4.78, 5) is 15.5. The Bertz CT molecular complexity index is 497. The monoisotopic (exact) mass is 336 g/mol. The molecule has 128 valence electrons. The van der Waals surface area contributed by atoms with Crippen LogP contribution >= 0.6 is 12.4 Å². The van der Waals surface area contributed by atoms with Gasteiger partial charge in [-0.05, 0) is 50.8 Å². The standard InChI is InChI=1S/C19H28N2O.ClH/c1-20-14-16-8-7-13-21(15-16)18(22)19(11-5-6-12-19)17-9-3-2-4-10-17;/h2-4,9-10,16,20H,5-8,11-15H2,1H3;1H. The van der Waals surface area contributed by atoms with Gasteiger partial charge in [0.15, 0.2) is 0 Å². The lowest BCUT2D eigenvalue weighted by Crippen LogP contribution is -2.50. The van der Waals surface area contributed by atoms with Crippen LogP contribution in [0.1, 0.15) is 44.1 Å². The Balaban J connectivity index is 0.00000192. The Hall–Kier alpha value is -1.06. The van der Waals surface area contributed by atoms with Crippen LogP contribution < -0.4 is 5.32 Å². The van der Waals surface area contributed by atoms with Crippen molar-refractivity contribution in [3.05, 3.63) is 35.9 Å². The van der Waals surface area contributed by atoms with Crippen molar-refractivity contribution in [1.82, 2.24) is 10.2 Å². The van der Waals surface area contributed by atoms with E-state index in [1.54, 1.807) is 0 Å². The van der Waals surface area contributed by atoms with Gasteiger partial charge in [0.25, 0.3) is 0 Å². The van der Waals surface area contributed by atoms with E-state index in [1.807, 2.05) is 13.1 Å². The van der Waals surface area contributed by atoms with Crippen molar-refractivity contribution in [2.45, 2.75) is 43.9 Å². The molecule has 1 aromatic carbocycles. The summed E-state index contributed by atoms with van der Waals surface area (Å²) in [5.74, 6) is 0.994. The number of halogens is 1. The first kappa shape index (κ1) is 18.3. The Morgan fingerprint density at radius 1 is 1.22 bits per heavy atom. The Labute approximate surface area is 146 Å². The highest BCUT2D eigenvalue weighted by atomic mass is 35.5. The second-order valence-electron chi connectivity index (χ2n) is 6.97. The maximum absolute atomic E-state index is 13.4. The van der Waals surface area contributed by atoms with Gasteiger partial charge in [0.1, 0.15) is 0 Å². The minimum absolute atomic E-state index is 0. The van der Waals surface area contributed by atoms with Gasteiger partial charge < -0.3 is 10.2 Å². The van der Waals surface area contributed by atoms with Crippen LogP contribution in [0.3, 0.4) is 0 Å². The largest absolute Gasteiger partial charge is 0.342 e. The molecule has 1 aliphatic heterocycles. The van der Waals surface area contributed by atoms with Crippen LogP contribution in [0.25, 0.3) is 0 Å². The van der Waals surface area contributed by atoms with E-state index in [2.05, 4.69) is 34.5 Å². The molecule has 23 heavy (non-hydrogen) atoms. The van der Waals surface area contributed by atoms with Crippen LogP contribution in [0.4, 0.5) is 0 Å². The Kier molecular flexibility index (Phi) is 6.49. The summed E-state index contributed by atoms with van der Waals surface area (Å²) in [5, 5.41) is 3.27. The third-order valence-electron chi connectivity index (χ3n) is 5.49. The number of nitrogens with one attached hydrogen (secondary N) is 1. The highest BCUT2D eigenvalue weighted by Crippen LogP contribution is 2.43. The van der Waals surface area contributed by atoms with Crippen LogP contribution in [0, 0.1) is 5.92 Å². The minimum Gasteiger partial charge on any atom is -0.342 e. The van der Waals surface area contributed by atoms with Gasteiger partial charge in [0.05, 0.1) is 5.41 Å². The number of hydrogen-bond donors (Lipinski definition) is 1. The summed E-state index contributed by atoms with van der Waals surface area (Å²) in [6.45, 7) is 2.88. The van der Waals surface area contributed by atoms with Crippen LogP contribution in [-0.2, 0) is 10.2 Å². The summed E-state index contributed by atoms with van der Waals surface area (Å²) in [7, 11) is 2.00. The van der Waals surface area contributed by atoms with E-state index in [1.165, 1.54) is 24.8 Å². The summed E-state index contributed by atoms with van der Waals surface area (Å²) in [6, 6.07) is 10.5. The molecule has 4 heteroatoms. The molecule has 1 aromatic rings. The fourth-order valence-electron chi connectivity index (χ4n) is 4.37. The Morgan fingerprint density at radius 3 is 2.57 bits per heavy atom. The van der Waals surface area contributed by atoms with Crippen LogP contribution in [0.2, 0.25) is 0 Å². The molecule has 2 aliphatic rings. The molecule has 1 saturated heterocycles. The maximum Gasteiger partial charge on any atom is 0.233 e. The summed E-state index contributed by atoms with van der Waals surface area (Å²) < 4.78 is 0. The normalized spacial score (nSPS) is 23.3. The number of nitrogens with zero attached hydrogens (tertiary/aromatic N) is 1. The average Bonchev–Trinajstić information content (AvgIpc) is 3.06. The van der Waals surface area contributed by atoms with Gasteiger partial charge in [-0.2, -0.15) is 0 Å². The van der Waals surface area contributed by atoms with Gasteiger partial charge in [0.2, 0.25) is 5.91 Å². The molecule has 0 bridgehead atoms. The average molecular weight is 337 g/mol. The van der Waals surface area contributed by atoms with Crippen molar-refractivity contribution >= 4 is 18.3 Å². The van der Waals surface area contributed by atoms with Gasteiger partial charge in [-0.3, -0.25) is 4.79 Å². The predicted molar refractivity (Wildman–Crippen MR) is 97.1 cm³/mol. The molecule has 0 radical (unpaired) electrons. The highest BCUT2D eigenvalue weighted by Gasteiger charge is 2.45. The van der Waals surface area contributed by atoms with Crippen molar-refractivity contribution in [2.75, 3.05) is 26.7 Å². The van der Waals surface area contributed by atoms with E-state index in [-0.39, 0.29) is 17.8 Å². The summed E-state index contributed by atoms with van der Waals surface area (Å²) >= 11 is 0. The van der Waals surface area contributed by atoms with Crippen LogP contribution in [-0.4, -0.2) is 37.5 Å². The fourth-order valence-corrected chi connectivity index (χ4v) is 4.37. The van der Waals surface area contributed by atoms with Gasteiger partial charge in [0, 0.05) is 13.1 Å². The lowest BCUT2D eigenvalue weighted by Gasteiger charge is -2.39. The second kappa shape index (κ2) is 8.16. The number of hydrogen-bond acceptors (Lipinski definition) is 2. The van der Waals surface area contributed by atoms with Gasteiger partial charge >= 0.3 is 0 Å². The molecule has 3 rings (SSSR count). The molecule has 0 aromatic heterocycles. The van der Waals surface area contributed by atoms with Crippen molar-refractivity contribution in [3.63, 3.8) is 0 Å². The van der Waals surface area contributed by atoms with Crippen LogP contribution in [0.5, 0.6) is 0 Å². The van der Waals surface area contributed by atoms with E-state index in [0.29, 0.717) is 11.8 Å². The fraction of sp³-hybridized carbons (Fsp3) is 0.632. The maximum atomic E-state index is 13.4. The topological polar surface area (TPSA) is 32.3 Å². The first-order valence-electron chi connectivity index (χ1n) is 8.76. The molecule has 3 nitrogen and oxygen atoms in total. The number of rotatable bonds is 4. The number of amides is 1. The van der Waals surface area contributed by atoms with Gasteiger partial charge in [-0.1, -0.05) is 43.2 Å². The molecule has 2 fully saturated rings. The number of carbonyl (C=O) groups is 1. The lowest BCUT2D eigenvalue weighted by atomic mass is 9.77. The molecule has 1 saturated carbocycles. The first-order valence-corrected chi connectivity index (χ1v) is 8.76. The SMILES string of the molecule is CNCC1CCCN(C(=O)C2(c3ccccc3)CCCC2)C1.Cl. The van der Waals surface area contributed by atoms with E-state index in [9.17, 15) is 4.79 Å². The summed E-state index contributed by atoms with van der Waals surface area (Å²) in [5.41, 5.74) is 0.983. The Morgan fingerprint density at radius 2 is 1.91 bits per heavy atom. The number of likely N-dealkylation sites (tertiary alicyclic amines) is 1. The molecular formula is C19H29ClN2O. The number of carbonyl (C=O) groups excluding carboxylic acids is 1. The zero-order valence-electron chi connectivity index (χ0n) is 14.1. The van der Waals surface area contributed by atoms with Gasteiger partial charge in [-0.25, -0.2) is 0 Å². The zero-order chi connectivity index (χ0) is 15.4. The second-order valence-corrected chi connectivity index (χ2v) is 6.97. The smallest absolute Gasteiger partial charge is 0.233 e. The summed E-state index contributed by atoms with van der Waals surface area (Å²) in [6.07, 6.45) is 6.76. The molecule has 1 unspecified atom stereocenters. The number of piperidine rings is 1. The number of benzene rings is 1. The van der Waals surface area contributed by atoms with Gasteiger partial charge in [-0.15, -0.1) is 12.4 Å². The lowest BCUT2D eigenvalue weighted by molar-refractivity contribution is -0.139. The van der Waals surface area contributed by atoms with E-state index >= 15 is 0 Å². The van der Waals surface area contributed by atoms with Crippen molar-refractivity contribution in [1.29, 1.82) is 0 Å². The molecule has 1 amide bonds. The molecule has 1 heterocycles. The first-order chi connectivity index (χ1) is 10.8. The highest BCUT2D eigenvalue weighted by molar-refractivity contribution is 5.88. The predicted octanol–water partition coefficient (Wildman–Crippen LogP) is 3.38. The molecule has 1 atom stereocenters. The van der Waals surface area contributed by atoms with Crippen molar-refractivity contribution < 1.29 is 4.79 Å². The van der Waals surface area contributed by atoms with Crippen molar-refractivity contribution in [3.8, 4) is 0 Å². The minimum atomic E-state index is -0.247. The third kappa shape index (κ3) is 3.72. The van der Waals surface area contributed by atoms with E-state index < -0.39 is 0 Å².